The lowest BCUT2D eigenvalue weighted by Crippen LogP contribution is -2.15. The van der Waals surface area contributed by atoms with Gasteiger partial charge in [-0.3, -0.25) is 4.68 Å². The molecule has 1 aromatic carbocycles. The lowest BCUT2D eigenvalue weighted by Gasteiger charge is -2.01. The molecule has 0 spiro atoms. The number of rotatable bonds is 3. The van der Waals surface area contributed by atoms with Crippen molar-refractivity contribution in [2.45, 2.75) is 13.5 Å². The fourth-order valence-electron chi connectivity index (χ4n) is 1.78. The molecule has 7 heteroatoms. The predicted molar refractivity (Wildman–Crippen MR) is 68.9 cm³/mol. The number of benzene rings is 1. The number of hydrogen-bond acceptors (Lipinski definition) is 4. The van der Waals surface area contributed by atoms with Crippen LogP contribution >= 0.6 is 0 Å². The highest BCUT2D eigenvalue weighted by atomic mass is 16.2. The number of aromatic amines is 1. The van der Waals surface area contributed by atoms with Crippen molar-refractivity contribution >= 4 is 0 Å². The van der Waals surface area contributed by atoms with Crippen LogP contribution in [0.2, 0.25) is 0 Å². The molecule has 1 N–H and O–H groups in total. The Hall–Kier alpha value is -2.70. The highest BCUT2D eigenvalue weighted by molar-refractivity contribution is 5.64. The fraction of sp³-hybridized carbons (Fsp3) is 0.167. The Labute approximate surface area is 109 Å². The topological polar surface area (TPSA) is 81.4 Å². The minimum absolute atomic E-state index is 0.208. The van der Waals surface area contributed by atoms with E-state index in [0.717, 1.165) is 16.8 Å². The molecule has 96 valence electrons. The molecular formula is C12H12N6O. The summed E-state index contributed by atoms with van der Waals surface area (Å²) in [6.45, 7) is 2.75. The first-order valence-corrected chi connectivity index (χ1v) is 5.84. The highest BCUT2D eigenvalue weighted by Crippen LogP contribution is 2.20. The molecule has 0 amide bonds. The van der Waals surface area contributed by atoms with Crippen LogP contribution in [0.5, 0.6) is 0 Å². The van der Waals surface area contributed by atoms with Gasteiger partial charge < -0.3 is 0 Å². The zero-order valence-electron chi connectivity index (χ0n) is 11.2. The smallest absolute Gasteiger partial charge is 0.272 e. The first-order valence-electron chi connectivity index (χ1n) is 6.34. The number of hydrogen-bond donors (Lipinski definition) is 1. The van der Waals surface area contributed by atoms with E-state index < -0.39 is 5.69 Å². The van der Waals surface area contributed by atoms with Crippen LogP contribution in [0.3, 0.4) is 0 Å². The molecular weight excluding hydrogens is 244 g/mol. The van der Waals surface area contributed by atoms with Gasteiger partial charge in [-0.25, -0.2) is 9.89 Å². The molecule has 0 fully saturated rings. The molecule has 0 bridgehead atoms. The number of tetrazole rings is 1. The van der Waals surface area contributed by atoms with E-state index in [-0.39, 0.29) is 6.04 Å². The van der Waals surface area contributed by atoms with Crippen molar-refractivity contribution in [2.75, 3.05) is 0 Å². The molecule has 0 saturated carbocycles. The van der Waals surface area contributed by atoms with Crippen LogP contribution in [0.15, 0.2) is 41.4 Å². The largest absolute Gasteiger partial charge is 0.365 e. The maximum atomic E-state index is 11.6. The van der Waals surface area contributed by atoms with Gasteiger partial charge in [0.05, 0.1) is 13.3 Å². The molecule has 0 radical (unpaired) electrons. The molecule has 0 aliphatic rings. The summed E-state index contributed by atoms with van der Waals surface area (Å²) in [7, 11) is 0. The van der Waals surface area contributed by atoms with Crippen LogP contribution in [0.4, 0.5) is 0 Å². The van der Waals surface area contributed by atoms with E-state index in [2.05, 4.69) is 20.6 Å². The van der Waals surface area contributed by atoms with Crippen LogP contribution < -0.4 is 5.69 Å². The Bertz CT molecular complexity index is 802. The van der Waals surface area contributed by atoms with Crippen molar-refractivity contribution in [3.63, 3.8) is 0 Å². The number of nitrogens with zero attached hydrogens (tertiary/aromatic N) is 5. The van der Waals surface area contributed by atoms with Crippen molar-refractivity contribution in [1.82, 2.24) is 30.0 Å². The molecule has 0 aliphatic carbocycles. The molecule has 7 nitrogen and oxygen atoms in total. The number of aromatic nitrogens is 6. The van der Waals surface area contributed by atoms with E-state index in [4.69, 9.17) is 1.37 Å². The summed E-state index contributed by atoms with van der Waals surface area (Å²) in [5, 5.41) is 13.5. The van der Waals surface area contributed by atoms with Gasteiger partial charge in [0.1, 0.15) is 0 Å². The van der Waals surface area contributed by atoms with Crippen molar-refractivity contribution in [2.24, 2.45) is 0 Å². The molecule has 2 heterocycles. The minimum Gasteiger partial charge on any atom is -0.272 e. The summed E-state index contributed by atoms with van der Waals surface area (Å²) in [6, 6.07) is 5.44. The monoisotopic (exact) mass is 257 g/mol. The summed E-state index contributed by atoms with van der Waals surface area (Å²) in [5.74, 6) is 0. The second-order valence-corrected chi connectivity index (χ2v) is 3.95. The van der Waals surface area contributed by atoms with Crippen LogP contribution in [0, 0.1) is 0 Å². The van der Waals surface area contributed by atoms with Gasteiger partial charge in [-0.15, -0.1) is 0 Å². The molecule has 0 unspecified atom stereocenters. The Morgan fingerprint density at radius 2 is 2.32 bits per heavy atom. The first-order chi connectivity index (χ1) is 9.70. The van der Waals surface area contributed by atoms with E-state index in [1.807, 2.05) is 19.2 Å². The Balaban J connectivity index is 2.15. The third-order valence-electron chi connectivity index (χ3n) is 2.75. The number of H-pyrrole nitrogens is 1. The molecule has 0 aliphatic heterocycles. The normalized spacial score (nSPS) is 11.5. The van der Waals surface area contributed by atoms with Crippen molar-refractivity contribution in [3.05, 3.63) is 47.1 Å². The van der Waals surface area contributed by atoms with Gasteiger partial charge in [0.15, 0.2) is 0 Å². The number of nitrogens with one attached hydrogen (secondary N) is 1. The number of aryl methyl sites for hydroxylation is 1. The van der Waals surface area contributed by atoms with Crippen molar-refractivity contribution in [3.8, 4) is 16.8 Å². The maximum absolute atomic E-state index is 11.6. The zero-order chi connectivity index (χ0) is 14.1. The van der Waals surface area contributed by atoms with E-state index >= 15 is 0 Å². The Morgan fingerprint density at radius 3 is 3.00 bits per heavy atom. The molecule has 3 rings (SSSR count). The SMILES string of the molecule is [2H]c1c(-c2cnn(CC)c2)cccc1-n1nn[nH]c1=O. The van der Waals surface area contributed by atoms with Gasteiger partial charge in [0.25, 0.3) is 0 Å². The first kappa shape index (κ1) is 10.2. The van der Waals surface area contributed by atoms with Gasteiger partial charge >= 0.3 is 5.69 Å². The molecule has 0 atom stereocenters. The van der Waals surface area contributed by atoms with E-state index in [1.165, 1.54) is 0 Å². The average Bonchev–Trinajstić information content (AvgIpc) is 3.08. The maximum Gasteiger partial charge on any atom is 0.365 e. The third kappa shape index (κ3) is 2.05. The summed E-state index contributed by atoms with van der Waals surface area (Å²) >= 11 is 0. The molecule has 0 saturated heterocycles. The van der Waals surface area contributed by atoms with Crippen LogP contribution in [0.25, 0.3) is 16.8 Å². The summed E-state index contributed by atoms with van der Waals surface area (Å²) in [4.78, 5) is 11.6. The predicted octanol–water partition coefficient (Wildman–Crippen LogP) is 0.839. The van der Waals surface area contributed by atoms with Crippen molar-refractivity contribution < 1.29 is 1.37 Å². The molecule has 19 heavy (non-hydrogen) atoms. The zero-order valence-corrected chi connectivity index (χ0v) is 10.2. The summed E-state index contributed by atoms with van der Waals surface area (Å²) in [6.07, 6.45) is 3.56. The lowest BCUT2D eigenvalue weighted by molar-refractivity contribution is 0.660. The lowest BCUT2D eigenvalue weighted by atomic mass is 10.1. The van der Waals surface area contributed by atoms with Gasteiger partial charge in [0.2, 0.25) is 0 Å². The van der Waals surface area contributed by atoms with Gasteiger partial charge in [-0.05, 0) is 35.0 Å². The van der Waals surface area contributed by atoms with E-state index in [1.54, 1.807) is 23.0 Å². The van der Waals surface area contributed by atoms with Crippen LogP contribution in [-0.2, 0) is 6.54 Å². The van der Waals surface area contributed by atoms with E-state index in [0.29, 0.717) is 11.3 Å². The van der Waals surface area contributed by atoms with Gasteiger partial charge in [-0.1, -0.05) is 12.1 Å². The molecule has 3 aromatic rings. The van der Waals surface area contributed by atoms with Gasteiger partial charge in [-0.2, -0.15) is 9.78 Å². The summed E-state index contributed by atoms with van der Waals surface area (Å²) < 4.78 is 11.1. The second kappa shape index (κ2) is 4.52. The summed E-state index contributed by atoms with van der Waals surface area (Å²) in [5.41, 5.74) is 1.43. The highest BCUT2D eigenvalue weighted by Gasteiger charge is 2.06. The average molecular weight is 257 g/mol. The van der Waals surface area contributed by atoms with Crippen LogP contribution in [0.1, 0.15) is 8.29 Å². The quantitative estimate of drug-likeness (QED) is 0.753. The standard InChI is InChI=1S/C12H12N6O/c1-2-17-8-10(7-13-17)9-4-3-5-11(6-9)18-12(19)14-15-16-18/h3-8H,2H2,1H3,(H,14,16,19)/i6D. The minimum atomic E-state index is -0.472. The van der Waals surface area contributed by atoms with Crippen LogP contribution in [-0.4, -0.2) is 30.0 Å². The molecule has 2 aromatic heterocycles. The Kier molecular flexibility index (Phi) is 2.44. The van der Waals surface area contributed by atoms with Gasteiger partial charge in [0, 0.05) is 18.3 Å². The third-order valence-corrected chi connectivity index (χ3v) is 2.75. The Morgan fingerprint density at radius 1 is 1.42 bits per heavy atom. The van der Waals surface area contributed by atoms with E-state index in [9.17, 15) is 4.79 Å². The van der Waals surface area contributed by atoms with Crippen molar-refractivity contribution in [1.29, 1.82) is 0 Å². The second-order valence-electron chi connectivity index (χ2n) is 3.95. The fourth-order valence-corrected chi connectivity index (χ4v) is 1.78.